The van der Waals surface area contributed by atoms with Gasteiger partial charge in [-0.15, -0.1) is 5.10 Å². The molecular formula is C33H30Cl4FN9. The van der Waals surface area contributed by atoms with Crippen molar-refractivity contribution in [2.75, 3.05) is 23.7 Å². The Morgan fingerprint density at radius 3 is 2.38 bits per heavy atom. The minimum atomic E-state index is -0.594. The number of piperidine rings is 1. The van der Waals surface area contributed by atoms with Gasteiger partial charge in [0.1, 0.15) is 28.8 Å². The second-order valence-corrected chi connectivity index (χ2v) is 14.0. The van der Waals surface area contributed by atoms with Gasteiger partial charge in [0.2, 0.25) is 0 Å². The van der Waals surface area contributed by atoms with Crippen molar-refractivity contribution in [2.45, 2.75) is 51.2 Å². The first-order valence-electron chi connectivity index (χ1n) is 14.9. The maximum absolute atomic E-state index is 13.9. The van der Waals surface area contributed by atoms with Crippen LogP contribution in [-0.2, 0) is 0 Å². The van der Waals surface area contributed by atoms with Crippen LogP contribution in [0.4, 0.5) is 21.5 Å². The highest BCUT2D eigenvalue weighted by Gasteiger charge is 2.29. The summed E-state index contributed by atoms with van der Waals surface area (Å²) in [4.78, 5) is 11.2. The molecule has 6 rings (SSSR count). The predicted molar refractivity (Wildman–Crippen MR) is 186 cm³/mol. The molecule has 0 radical (unpaired) electrons. The van der Waals surface area contributed by atoms with Crippen LogP contribution in [0.2, 0.25) is 20.2 Å². The fraction of sp³-hybridized carbons (Fsp3) is 0.303. The number of rotatable bonds is 7. The van der Waals surface area contributed by atoms with E-state index in [4.69, 9.17) is 46.4 Å². The fourth-order valence-electron chi connectivity index (χ4n) is 5.79. The van der Waals surface area contributed by atoms with Crippen molar-refractivity contribution >= 4 is 74.4 Å². The van der Waals surface area contributed by atoms with Crippen LogP contribution in [0.25, 0.3) is 10.9 Å². The van der Waals surface area contributed by atoms with E-state index in [0.29, 0.717) is 49.3 Å². The van der Waals surface area contributed by atoms with Crippen LogP contribution in [-0.4, -0.2) is 48.5 Å². The van der Waals surface area contributed by atoms with Crippen molar-refractivity contribution < 1.29 is 4.39 Å². The van der Waals surface area contributed by atoms with Gasteiger partial charge in [0, 0.05) is 53.3 Å². The average molecular weight is 713 g/mol. The van der Waals surface area contributed by atoms with Crippen LogP contribution in [0.1, 0.15) is 62.5 Å². The van der Waals surface area contributed by atoms with Gasteiger partial charge in [-0.05, 0) is 70.0 Å². The highest BCUT2D eigenvalue weighted by Crippen LogP contribution is 2.38. The van der Waals surface area contributed by atoms with Crippen molar-refractivity contribution in [3.63, 3.8) is 0 Å². The first-order valence-corrected chi connectivity index (χ1v) is 16.4. The maximum atomic E-state index is 13.9. The second kappa shape index (κ2) is 13.4. The third-order valence-electron chi connectivity index (χ3n) is 8.32. The molecule has 1 fully saturated rings. The van der Waals surface area contributed by atoms with Crippen molar-refractivity contribution in [3.8, 4) is 6.07 Å². The number of nitriles is 1. The van der Waals surface area contributed by atoms with Gasteiger partial charge in [-0.1, -0.05) is 51.6 Å². The lowest BCUT2D eigenvalue weighted by Gasteiger charge is -2.40. The zero-order valence-electron chi connectivity index (χ0n) is 25.7. The summed E-state index contributed by atoms with van der Waals surface area (Å²) in [5, 5.41) is 27.2. The normalized spacial score (nSPS) is 15.0. The van der Waals surface area contributed by atoms with Crippen molar-refractivity contribution in [1.29, 1.82) is 5.26 Å². The summed E-state index contributed by atoms with van der Waals surface area (Å²) in [6, 6.07) is 11.1. The van der Waals surface area contributed by atoms with Crippen LogP contribution in [0.3, 0.4) is 0 Å². The predicted octanol–water partition coefficient (Wildman–Crippen LogP) is 9.23. The lowest BCUT2D eigenvalue weighted by molar-refractivity contribution is 0.0866. The Balaban J connectivity index is 1.38. The Labute approximate surface area is 291 Å². The topological polar surface area (TPSA) is 108 Å². The highest BCUT2D eigenvalue weighted by molar-refractivity contribution is 6.36. The number of anilines is 3. The average Bonchev–Trinajstić information content (AvgIpc) is 3.52. The molecule has 0 saturated carbocycles. The lowest BCUT2D eigenvalue weighted by Crippen LogP contribution is -2.46. The molecule has 1 aliphatic heterocycles. The van der Waals surface area contributed by atoms with Gasteiger partial charge in [-0.2, -0.15) is 5.26 Å². The van der Waals surface area contributed by atoms with Gasteiger partial charge in [0.05, 0.1) is 44.1 Å². The molecule has 1 aliphatic rings. The third kappa shape index (κ3) is 7.10. The molecule has 1 saturated heterocycles. The number of nitrogens with zero attached hydrogens (tertiary/aromatic N) is 7. The fourth-order valence-corrected chi connectivity index (χ4v) is 6.71. The molecule has 47 heavy (non-hydrogen) atoms. The highest BCUT2D eigenvalue weighted by atomic mass is 35.5. The van der Waals surface area contributed by atoms with Crippen molar-refractivity contribution in [2.24, 2.45) is 0 Å². The number of fused-ring (bicyclic) bond motifs is 1. The Morgan fingerprint density at radius 1 is 0.957 bits per heavy atom. The van der Waals surface area contributed by atoms with E-state index in [-0.39, 0.29) is 27.3 Å². The molecule has 9 nitrogen and oxygen atoms in total. The molecule has 3 aromatic heterocycles. The summed E-state index contributed by atoms with van der Waals surface area (Å²) in [6.07, 6.45) is 6.87. The Morgan fingerprint density at radius 2 is 1.70 bits per heavy atom. The van der Waals surface area contributed by atoms with E-state index in [9.17, 15) is 9.65 Å². The lowest BCUT2D eigenvalue weighted by atomic mass is 9.98. The number of hydrogen-bond donors (Lipinski definition) is 2. The first kappa shape index (κ1) is 33.2. The minimum absolute atomic E-state index is 0.0589. The van der Waals surface area contributed by atoms with Gasteiger partial charge in [0.25, 0.3) is 0 Å². The monoisotopic (exact) mass is 711 g/mol. The van der Waals surface area contributed by atoms with E-state index in [1.54, 1.807) is 18.3 Å². The molecule has 242 valence electrons. The zero-order valence-corrected chi connectivity index (χ0v) is 28.7. The molecule has 1 atom stereocenters. The molecule has 0 unspecified atom stereocenters. The quantitative estimate of drug-likeness (QED) is 0.161. The van der Waals surface area contributed by atoms with E-state index >= 15 is 0 Å². The first-order chi connectivity index (χ1) is 22.4. The number of nitrogens with one attached hydrogen (secondary N) is 2. The number of aromatic nitrogens is 5. The van der Waals surface area contributed by atoms with E-state index in [0.717, 1.165) is 25.9 Å². The van der Waals surface area contributed by atoms with Crippen LogP contribution in [0, 0.1) is 17.1 Å². The van der Waals surface area contributed by atoms with Crippen LogP contribution in [0.5, 0.6) is 0 Å². The maximum Gasteiger partial charge on any atom is 0.141 e. The SMILES string of the molecule is CC(C)(C)N1CCC(n2cc([C@@H](Nc3cc(Cl)c4ncc(C#N)c(Nc5ccc(F)c(Cl)c5)c4c3)c3cnc(Cl)cc3Cl)nn2)CC1. The minimum Gasteiger partial charge on any atom is -0.373 e. The summed E-state index contributed by atoms with van der Waals surface area (Å²) in [7, 11) is 0. The molecule has 2 aromatic carbocycles. The Hall–Kier alpha value is -3.72. The molecule has 14 heteroatoms. The largest absolute Gasteiger partial charge is 0.373 e. The zero-order chi connectivity index (χ0) is 33.5. The molecule has 5 aromatic rings. The van der Waals surface area contributed by atoms with Crippen LogP contribution < -0.4 is 10.6 Å². The summed E-state index contributed by atoms with van der Waals surface area (Å²) >= 11 is 25.7. The van der Waals surface area contributed by atoms with Crippen LogP contribution >= 0.6 is 46.4 Å². The smallest absolute Gasteiger partial charge is 0.141 e. The number of halogens is 5. The third-order valence-corrected chi connectivity index (χ3v) is 9.43. The number of pyridine rings is 2. The van der Waals surface area contributed by atoms with E-state index in [1.807, 2.05) is 16.9 Å². The van der Waals surface area contributed by atoms with E-state index in [2.05, 4.69) is 62.7 Å². The molecule has 4 heterocycles. The van der Waals surface area contributed by atoms with Crippen molar-refractivity contribution in [3.05, 3.63) is 97.8 Å². The van der Waals surface area contributed by atoms with Gasteiger partial charge in [0.15, 0.2) is 0 Å². The molecule has 0 aliphatic carbocycles. The Bertz CT molecular complexity index is 2000. The standard InChI is InChI=1S/C33H30Cl4FN9/c1-33(2,3)46-8-6-21(7-9-46)47-17-28(44-45-47)32(23-16-40-29(37)13-24(23)34)43-20-10-22-30(42-19-4-5-27(38)25(35)11-19)18(14-39)15-41-31(22)26(36)12-20/h4-5,10-13,15-17,21,32,43H,6-9H2,1-3H3,(H,41,42)/t32-/m0/s1. The molecule has 0 amide bonds. The summed E-state index contributed by atoms with van der Waals surface area (Å²) < 4.78 is 15.8. The van der Waals surface area contributed by atoms with Crippen molar-refractivity contribution in [1.82, 2.24) is 29.9 Å². The second-order valence-electron chi connectivity index (χ2n) is 12.4. The number of benzene rings is 2. The molecule has 2 N–H and O–H groups in total. The van der Waals surface area contributed by atoms with Crippen LogP contribution in [0.15, 0.2) is 55.0 Å². The summed E-state index contributed by atoms with van der Waals surface area (Å²) in [5.41, 5.74) is 3.58. The Kier molecular flexibility index (Phi) is 9.47. The molecule has 0 spiro atoms. The van der Waals surface area contributed by atoms with Gasteiger partial charge in [-0.3, -0.25) is 9.88 Å². The number of hydrogen-bond acceptors (Lipinski definition) is 8. The molecular weight excluding hydrogens is 683 g/mol. The van der Waals surface area contributed by atoms with E-state index in [1.165, 1.54) is 24.4 Å². The molecule has 0 bridgehead atoms. The van der Waals surface area contributed by atoms with Gasteiger partial charge in [-0.25, -0.2) is 14.1 Å². The van der Waals surface area contributed by atoms with E-state index < -0.39 is 11.9 Å². The number of likely N-dealkylation sites (tertiary alicyclic amines) is 1. The van der Waals surface area contributed by atoms with Gasteiger partial charge < -0.3 is 10.6 Å². The van der Waals surface area contributed by atoms with Gasteiger partial charge >= 0.3 is 0 Å². The summed E-state index contributed by atoms with van der Waals surface area (Å²) in [5.74, 6) is -0.555. The summed E-state index contributed by atoms with van der Waals surface area (Å²) in [6.45, 7) is 8.62.